The lowest BCUT2D eigenvalue weighted by Gasteiger charge is -2.07. The van der Waals surface area contributed by atoms with E-state index in [9.17, 15) is 9.59 Å². The summed E-state index contributed by atoms with van der Waals surface area (Å²) in [6.07, 6.45) is 0. The minimum atomic E-state index is -0.426. The van der Waals surface area contributed by atoms with E-state index in [0.29, 0.717) is 28.1 Å². The number of carbonyl (C=O) groups excluding carboxylic acids is 2. The normalized spacial score (nSPS) is 10.7. The number of benzene rings is 2. The van der Waals surface area contributed by atoms with E-state index >= 15 is 0 Å². The van der Waals surface area contributed by atoms with Crippen LogP contribution in [0, 0.1) is 0 Å². The van der Waals surface area contributed by atoms with Crippen LogP contribution in [-0.2, 0) is 16.1 Å². The number of hydrogen-bond acceptors (Lipinski definition) is 7. The Balaban J connectivity index is 1.44. The number of ether oxygens (including phenoxy) is 2. The summed E-state index contributed by atoms with van der Waals surface area (Å²) in [5.41, 5.74) is 2.26. The molecule has 0 spiro atoms. The van der Waals surface area contributed by atoms with Gasteiger partial charge in [-0.2, -0.15) is 0 Å². The molecule has 3 aromatic rings. The zero-order valence-electron chi connectivity index (χ0n) is 17.5. The van der Waals surface area contributed by atoms with E-state index in [0.717, 1.165) is 5.75 Å². The molecule has 2 aromatic carbocycles. The lowest BCUT2D eigenvalue weighted by atomic mass is 10.0. The Morgan fingerprint density at radius 3 is 2.45 bits per heavy atom. The number of rotatable bonds is 9. The third-order valence-corrected chi connectivity index (χ3v) is 5.20. The van der Waals surface area contributed by atoms with E-state index in [1.807, 2.05) is 24.3 Å². The number of esters is 1. The van der Waals surface area contributed by atoms with Gasteiger partial charge in [0.25, 0.3) is 0 Å². The Morgan fingerprint density at radius 1 is 1.10 bits per heavy atom. The van der Waals surface area contributed by atoms with Crippen LogP contribution < -0.4 is 10.1 Å². The van der Waals surface area contributed by atoms with E-state index in [-0.39, 0.29) is 18.3 Å². The second kappa shape index (κ2) is 10.6. The van der Waals surface area contributed by atoms with Crippen molar-refractivity contribution >= 4 is 29.3 Å². The molecular formula is C22H24N4O4S. The minimum absolute atomic E-state index is 0.146. The van der Waals surface area contributed by atoms with Crippen molar-refractivity contribution in [3.63, 3.8) is 0 Å². The molecule has 8 nitrogen and oxygen atoms in total. The van der Waals surface area contributed by atoms with Crippen LogP contribution in [-0.4, -0.2) is 39.9 Å². The maximum atomic E-state index is 12.1. The Labute approximate surface area is 184 Å². The Hall–Kier alpha value is -3.33. The van der Waals surface area contributed by atoms with Gasteiger partial charge in [0, 0.05) is 5.69 Å². The van der Waals surface area contributed by atoms with Crippen molar-refractivity contribution in [2.75, 3.05) is 18.2 Å². The molecule has 0 unspecified atom stereocenters. The molecule has 2 N–H and O–H groups in total. The number of hydrogen-bond donors (Lipinski definition) is 2. The second-order valence-corrected chi connectivity index (χ2v) is 7.93. The number of carbonyl (C=O) groups is 2. The van der Waals surface area contributed by atoms with Gasteiger partial charge in [-0.1, -0.05) is 37.7 Å². The molecule has 9 heteroatoms. The number of aromatic amines is 1. The summed E-state index contributed by atoms with van der Waals surface area (Å²) in [4.78, 5) is 27.9. The van der Waals surface area contributed by atoms with Gasteiger partial charge in [0.2, 0.25) is 11.1 Å². The van der Waals surface area contributed by atoms with Gasteiger partial charge in [-0.3, -0.25) is 9.89 Å². The maximum absolute atomic E-state index is 12.1. The number of amides is 1. The Kier molecular flexibility index (Phi) is 7.66. The third-order valence-electron chi connectivity index (χ3n) is 4.36. The first kappa shape index (κ1) is 22.4. The van der Waals surface area contributed by atoms with E-state index in [1.54, 1.807) is 24.3 Å². The molecular weight excluding hydrogens is 416 g/mol. The molecule has 0 bridgehead atoms. The van der Waals surface area contributed by atoms with E-state index < -0.39 is 5.97 Å². The van der Waals surface area contributed by atoms with Crippen molar-refractivity contribution in [1.29, 1.82) is 0 Å². The van der Waals surface area contributed by atoms with Gasteiger partial charge in [-0.05, 0) is 47.9 Å². The fourth-order valence-electron chi connectivity index (χ4n) is 2.64. The van der Waals surface area contributed by atoms with Crippen LogP contribution in [0.4, 0.5) is 5.69 Å². The van der Waals surface area contributed by atoms with Crippen LogP contribution in [0.2, 0.25) is 0 Å². The number of nitrogens with zero attached hydrogens (tertiary/aromatic N) is 2. The number of methoxy groups -OCH3 is 1. The molecule has 31 heavy (non-hydrogen) atoms. The van der Waals surface area contributed by atoms with Crippen molar-refractivity contribution < 1.29 is 19.1 Å². The molecule has 0 atom stereocenters. The monoisotopic (exact) mass is 440 g/mol. The fourth-order valence-corrected chi connectivity index (χ4v) is 3.26. The number of thioether (sulfide) groups is 1. The first-order chi connectivity index (χ1) is 14.9. The topological polar surface area (TPSA) is 106 Å². The second-order valence-electron chi connectivity index (χ2n) is 6.98. The van der Waals surface area contributed by atoms with Gasteiger partial charge >= 0.3 is 5.97 Å². The van der Waals surface area contributed by atoms with Crippen molar-refractivity contribution in [3.8, 4) is 5.75 Å². The van der Waals surface area contributed by atoms with E-state index in [2.05, 4.69) is 39.1 Å². The van der Waals surface area contributed by atoms with Crippen LogP contribution in [0.15, 0.2) is 53.7 Å². The molecule has 3 rings (SSSR count). The van der Waals surface area contributed by atoms with Gasteiger partial charge in [-0.25, -0.2) is 9.78 Å². The quantitative estimate of drug-likeness (QED) is 0.382. The summed E-state index contributed by atoms with van der Waals surface area (Å²) in [5, 5.41) is 10.1. The standard InChI is InChI=1S/C22H24N4O4S/c1-14(2)15-6-10-18(11-7-15)30-12-19-24-22(26-25-19)31-13-20(27)23-17-8-4-16(5-9-17)21(28)29-3/h4-11,14H,12-13H2,1-3H3,(H,23,27)(H,24,25,26). The molecule has 162 valence electrons. The molecule has 1 amide bonds. The smallest absolute Gasteiger partial charge is 0.337 e. The lowest BCUT2D eigenvalue weighted by Crippen LogP contribution is -2.14. The first-order valence-corrected chi connectivity index (χ1v) is 10.7. The zero-order valence-corrected chi connectivity index (χ0v) is 18.4. The van der Waals surface area contributed by atoms with Crippen molar-refractivity contribution in [2.45, 2.75) is 31.5 Å². The van der Waals surface area contributed by atoms with Crippen molar-refractivity contribution in [2.24, 2.45) is 0 Å². The molecule has 0 fully saturated rings. The minimum Gasteiger partial charge on any atom is -0.486 e. The molecule has 0 aliphatic heterocycles. The van der Waals surface area contributed by atoms with E-state index in [4.69, 9.17) is 4.74 Å². The fraction of sp³-hybridized carbons (Fsp3) is 0.273. The van der Waals surface area contributed by atoms with Gasteiger partial charge in [0.1, 0.15) is 12.4 Å². The van der Waals surface area contributed by atoms with Crippen LogP contribution in [0.3, 0.4) is 0 Å². The third kappa shape index (κ3) is 6.58. The average Bonchev–Trinajstić information content (AvgIpc) is 3.24. The predicted octanol–water partition coefficient (Wildman–Crippen LogP) is 4.02. The lowest BCUT2D eigenvalue weighted by molar-refractivity contribution is -0.113. The van der Waals surface area contributed by atoms with Gasteiger partial charge in [0.05, 0.1) is 18.4 Å². The number of nitrogens with one attached hydrogen (secondary N) is 2. The highest BCUT2D eigenvalue weighted by Crippen LogP contribution is 2.20. The maximum Gasteiger partial charge on any atom is 0.337 e. The Bertz CT molecular complexity index is 1020. The summed E-state index contributed by atoms with van der Waals surface area (Å²) in [5.74, 6) is 1.32. The van der Waals surface area contributed by atoms with Gasteiger partial charge in [-0.15, -0.1) is 5.10 Å². The summed E-state index contributed by atoms with van der Waals surface area (Å²) >= 11 is 1.21. The molecule has 1 heterocycles. The first-order valence-electron chi connectivity index (χ1n) is 9.69. The number of aromatic nitrogens is 3. The molecule has 0 aliphatic rings. The summed E-state index contributed by atoms with van der Waals surface area (Å²) < 4.78 is 10.4. The van der Waals surface area contributed by atoms with E-state index in [1.165, 1.54) is 24.4 Å². The van der Waals surface area contributed by atoms with Crippen LogP contribution in [0.25, 0.3) is 0 Å². The largest absolute Gasteiger partial charge is 0.486 e. The number of H-pyrrole nitrogens is 1. The molecule has 0 radical (unpaired) electrons. The molecule has 0 saturated carbocycles. The molecule has 0 saturated heterocycles. The predicted molar refractivity (Wildman–Crippen MR) is 118 cm³/mol. The van der Waals surface area contributed by atoms with Crippen molar-refractivity contribution in [3.05, 3.63) is 65.5 Å². The summed E-state index contributed by atoms with van der Waals surface area (Å²) in [7, 11) is 1.32. The molecule has 0 aliphatic carbocycles. The van der Waals surface area contributed by atoms with Crippen LogP contribution in [0.5, 0.6) is 5.75 Å². The van der Waals surface area contributed by atoms with Crippen molar-refractivity contribution in [1.82, 2.24) is 15.2 Å². The van der Waals surface area contributed by atoms with Crippen LogP contribution >= 0.6 is 11.8 Å². The zero-order chi connectivity index (χ0) is 22.2. The SMILES string of the molecule is COC(=O)c1ccc(NC(=O)CSc2n[nH]c(COc3ccc(C(C)C)cc3)n2)cc1. The summed E-state index contributed by atoms with van der Waals surface area (Å²) in [6.45, 7) is 4.54. The highest BCUT2D eigenvalue weighted by molar-refractivity contribution is 7.99. The number of anilines is 1. The van der Waals surface area contributed by atoms with Gasteiger partial charge in [0.15, 0.2) is 5.82 Å². The van der Waals surface area contributed by atoms with Gasteiger partial charge < -0.3 is 14.8 Å². The molecule has 1 aromatic heterocycles. The summed E-state index contributed by atoms with van der Waals surface area (Å²) in [6, 6.07) is 14.4. The average molecular weight is 441 g/mol. The highest BCUT2D eigenvalue weighted by Gasteiger charge is 2.10. The van der Waals surface area contributed by atoms with Crippen LogP contribution in [0.1, 0.15) is 41.5 Å². The highest BCUT2D eigenvalue weighted by atomic mass is 32.2. The Morgan fingerprint density at radius 2 is 1.81 bits per heavy atom.